The van der Waals surface area contributed by atoms with Crippen LogP contribution in [-0.4, -0.2) is 39.4 Å². The largest absolute Gasteiger partial charge is 0.495 e. The van der Waals surface area contributed by atoms with E-state index in [2.05, 4.69) is 20.8 Å². The molecule has 0 aliphatic carbocycles. The maximum Gasteiger partial charge on any atom is 0.234 e. The number of anilines is 2. The first-order valence-electron chi connectivity index (χ1n) is 9.76. The number of benzene rings is 2. The quantitative estimate of drug-likeness (QED) is 0.496. The molecule has 0 aliphatic rings. The molecule has 2 aromatic carbocycles. The molecule has 0 saturated carbocycles. The molecule has 0 unspecified atom stereocenters. The summed E-state index contributed by atoms with van der Waals surface area (Å²) in [5.74, 6) is 1.25. The lowest BCUT2D eigenvalue weighted by molar-refractivity contribution is -0.116. The summed E-state index contributed by atoms with van der Waals surface area (Å²) in [5.41, 5.74) is 2.48. The first-order chi connectivity index (χ1) is 15.0. The van der Waals surface area contributed by atoms with E-state index < -0.39 is 0 Å². The van der Waals surface area contributed by atoms with Crippen molar-refractivity contribution in [3.8, 4) is 5.75 Å². The molecule has 9 heteroatoms. The Labute approximate surface area is 185 Å². The predicted molar refractivity (Wildman–Crippen MR) is 121 cm³/mol. The number of nitrogens with one attached hydrogen (secondary N) is 2. The molecule has 0 radical (unpaired) electrons. The lowest BCUT2D eigenvalue weighted by atomic mass is 10.2. The van der Waals surface area contributed by atoms with Crippen LogP contribution in [0, 0.1) is 6.92 Å². The molecule has 0 bridgehead atoms. The number of carbonyl (C=O) groups is 2. The Balaban J connectivity index is 1.49. The number of amides is 2. The van der Waals surface area contributed by atoms with Crippen LogP contribution >= 0.6 is 11.8 Å². The molecule has 3 rings (SSSR count). The van der Waals surface area contributed by atoms with E-state index in [9.17, 15) is 9.59 Å². The molecule has 3 aromatic rings. The van der Waals surface area contributed by atoms with Crippen LogP contribution in [0.1, 0.15) is 17.8 Å². The summed E-state index contributed by atoms with van der Waals surface area (Å²) in [4.78, 5) is 24.5. The Morgan fingerprint density at radius 1 is 1.06 bits per heavy atom. The molecule has 2 amide bonds. The number of hydrogen-bond acceptors (Lipinski definition) is 6. The predicted octanol–water partition coefficient (Wildman–Crippen LogP) is 3.43. The Hall–Kier alpha value is -3.33. The third-order valence-corrected chi connectivity index (χ3v) is 5.54. The van der Waals surface area contributed by atoms with Gasteiger partial charge >= 0.3 is 0 Å². The summed E-state index contributed by atoms with van der Waals surface area (Å²) in [7, 11) is 3.39. The Morgan fingerprint density at radius 3 is 2.65 bits per heavy atom. The summed E-state index contributed by atoms with van der Waals surface area (Å²) in [6, 6.07) is 14.9. The van der Waals surface area contributed by atoms with Crippen molar-refractivity contribution in [3.63, 3.8) is 0 Å². The molecule has 0 fully saturated rings. The van der Waals surface area contributed by atoms with Gasteiger partial charge < -0.3 is 19.9 Å². The highest BCUT2D eigenvalue weighted by atomic mass is 32.2. The Bertz CT molecular complexity index is 1070. The summed E-state index contributed by atoms with van der Waals surface area (Å²) in [6.07, 6.45) is 0.684. The van der Waals surface area contributed by atoms with Gasteiger partial charge in [-0.25, -0.2) is 0 Å². The van der Waals surface area contributed by atoms with Crippen LogP contribution in [-0.2, 0) is 23.1 Å². The molecular weight excluding hydrogens is 414 g/mol. The van der Waals surface area contributed by atoms with Crippen LogP contribution in [0.3, 0.4) is 0 Å². The van der Waals surface area contributed by atoms with E-state index in [1.807, 2.05) is 50.4 Å². The first kappa shape index (κ1) is 22.4. The van der Waals surface area contributed by atoms with Crippen molar-refractivity contribution >= 4 is 35.0 Å². The van der Waals surface area contributed by atoms with Crippen molar-refractivity contribution in [2.75, 3.05) is 23.5 Å². The number of rotatable bonds is 9. The van der Waals surface area contributed by atoms with Gasteiger partial charge in [-0.05, 0) is 36.8 Å². The maximum absolute atomic E-state index is 12.3. The maximum atomic E-state index is 12.3. The number of thioether (sulfide) groups is 1. The van der Waals surface area contributed by atoms with E-state index in [1.54, 1.807) is 23.8 Å². The van der Waals surface area contributed by atoms with Crippen LogP contribution in [0.2, 0.25) is 0 Å². The highest BCUT2D eigenvalue weighted by molar-refractivity contribution is 7.99. The molecule has 1 aromatic heterocycles. The smallest absolute Gasteiger partial charge is 0.234 e. The molecule has 31 heavy (non-hydrogen) atoms. The molecule has 0 spiro atoms. The van der Waals surface area contributed by atoms with Gasteiger partial charge in [-0.15, -0.1) is 10.2 Å². The highest BCUT2D eigenvalue weighted by Crippen LogP contribution is 2.23. The van der Waals surface area contributed by atoms with Crippen LogP contribution < -0.4 is 15.4 Å². The third-order valence-electron chi connectivity index (χ3n) is 4.52. The lowest BCUT2D eigenvalue weighted by Gasteiger charge is -2.09. The molecule has 8 nitrogen and oxygen atoms in total. The van der Waals surface area contributed by atoms with E-state index >= 15 is 0 Å². The zero-order valence-electron chi connectivity index (χ0n) is 17.7. The number of ether oxygens (including phenoxy) is 1. The van der Waals surface area contributed by atoms with Gasteiger partial charge in [0.25, 0.3) is 0 Å². The second-order valence-electron chi connectivity index (χ2n) is 6.91. The monoisotopic (exact) mass is 439 g/mol. The van der Waals surface area contributed by atoms with Gasteiger partial charge in [0.15, 0.2) is 5.16 Å². The van der Waals surface area contributed by atoms with Gasteiger partial charge in [0.05, 0.1) is 18.6 Å². The number of carbonyl (C=O) groups excluding carboxylic acids is 2. The van der Waals surface area contributed by atoms with Gasteiger partial charge in [-0.1, -0.05) is 36.0 Å². The van der Waals surface area contributed by atoms with Crippen molar-refractivity contribution in [1.29, 1.82) is 0 Å². The number of para-hydroxylation sites is 2. The Kier molecular flexibility index (Phi) is 7.66. The van der Waals surface area contributed by atoms with Crippen molar-refractivity contribution in [2.45, 2.75) is 24.9 Å². The van der Waals surface area contributed by atoms with Crippen molar-refractivity contribution in [3.05, 3.63) is 59.9 Å². The topological polar surface area (TPSA) is 98.1 Å². The average Bonchev–Trinajstić information content (AvgIpc) is 3.10. The summed E-state index contributed by atoms with van der Waals surface area (Å²) in [5, 5.41) is 14.6. The second kappa shape index (κ2) is 10.6. The third kappa shape index (κ3) is 6.32. The van der Waals surface area contributed by atoms with Gasteiger partial charge in [0, 0.05) is 25.6 Å². The minimum absolute atomic E-state index is 0.115. The molecule has 0 aliphatic heterocycles. The first-order valence-corrected chi connectivity index (χ1v) is 10.8. The normalized spacial score (nSPS) is 10.5. The van der Waals surface area contributed by atoms with E-state index in [-0.39, 0.29) is 24.0 Å². The van der Waals surface area contributed by atoms with Crippen LogP contribution in [0.4, 0.5) is 11.4 Å². The zero-order chi connectivity index (χ0) is 22.2. The molecular formula is C22H25N5O3S. The second-order valence-corrected chi connectivity index (χ2v) is 7.86. The molecule has 2 N–H and O–H groups in total. The molecule has 0 saturated heterocycles. The minimum Gasteiger partial charge on any atom is -0.495 e. The summed E-state index contributed by atoms with van der Waals surface area (Å²) in [6.45, 7) is 1.97. The zero-order valence-corrected chi connectivity index (χ0v) is 18.5. The highest BCUT2D eigenvalue weighted by Gasteiger charge is 2.14. The summed E-state index contributed by atoms with van der Waals surface area (Å²) < 4.78 is 7.05. The van der Waals surface area contributed by atoms with Gasteiger partial charge in [-0.2, -0.15) is 0 Å². The van der Waals surface area contributed by atoms with Gasteiger partial charge in [0.1, 0.15) is 11.6 Å². The fourth-order valence-corrected chi connectivity index (χ4v) is 3.65. The van der Waals surface area contributed by atoms with Crippen LogP contribution in [0.25, 0.3) is 0 Å². The van der Waals surface area contributed by atoms with E-state index in [0.717, 1.165) is 11.3 Å². The van der Waals surface area contributed by atoms with E-state index in [1.165, 1.54) is 11.8 Å². The molecule has 0 atom stereocenters. The fourth-order valence-electron chi connectivity index (χ4n) is 2.92. The lowest BCUT2D eigenvalue weighted by Crippen LogP contribution is -2.15. The van der Waals surface area contributed by atoms with Crippen molar-refractivity contribution < 1.29 is 14.3 Å². The number of aromatic nitrogens is 3. The average molecular weight is 440 g/mol. The number of nitrogens with zero attached hydrogens (tertiary/aromatic N) is 3. The van der Waals surface area contributed by atoms with E-state index in [0.29, 0.717) is 28.8 Å². The van der Waals surface area contributed by atoms with Crippen LogP contribution in [0.15, 0.2) is 53.7 Å². The standard InChI is InChI=1S/C22H25N5O3S/c1-15-7-6-8-16(13-15)23-21(29)14-31-22-26-25-19(27(22)2)11-12-20(28)24-17-9-4-5-10-18(17)30-3/h4-10,13H,11-12,14H2,1-3H3,(H,23,29)(H,24,28). The number of methoxy groups -OCH3 is 1. The van der Waals surface area contributed by atoms with Crippen molar-refractivity contribution in [1.82, 2.24) is 14.8 Å². The van der Waals surface area contributed by atoms with Gasteiger partial charge in [-0.3, -0.25) is 9.59 Å². The minimum atomic E-state index is -0.140. The Morgan fingerprint density at radius 2 is 1.87 bits per heavy atom. The molecule has 162 valence electrons. The summed E-state index contributed by atoms with van der Waals surface area (Å²) >= 11 is 1.30. The number of aryl methyl sites for hydroxylation is 2. The molecule has 1 heterocycles. The SMILES string of the molecule is COc1ccccc1NC(=O)CCc1nnc(SCC(=O)Nc2cccc(C)c2)n1C. The number of hydrogen-bond donors (Lipinski definition) is 2. The van der Waals surface area contributed by atoms with Gasteiger partial charge in [0.2, 0.25) is 11.8 Å². The van der Waals surface area contributed by atoms with Crippen molar-refractivity contribution in [2.24, 2.45) is 7.05 Å². The van der Waals surface area contributed by atoms with E-state index in [4.69, 9.17) is 4.74 Å². The van der Waals surface area contributed by atoms with Crippen LogP contribution in [0.5, 0.6) is 5.75 Å². The fraction of sp³-hybridized carbons (Fsp3) is 0.273.